The van der Waals surface area contributed by atoms with Crippen molar-refractivity contribution < 1.29 is 0 Å². The summed E-state index contributed by atoms with van der Waals surface area (Å²) in [6.07, 6.45) is 7.02. The van der Waals surface area contributed by atoms with E-state index in [2.05, 4.69) is 49.9 Å². The van der Waals surface area contributed by atoms with Crippen LogP contribution in [0, 0.1) is 6.92 Å². The minimum atomic E-state index is 0.617. The van der Waals surface area contributed by atoms with Crippen LogP contribution in [0.5, 0.6) is 0 Å². The molecule has 0 atom stereocenters. The summed E-state index contributed by atoms with van der Waals surface area (Å²) in [4.78, 5) is 14.9. The molecule has 0 unspecified atom stereocenters. The summed E-state index contributed by atoms with van der Waals surface area (Å²) in [6.45, 7) is 2.06. The van der Waals surface area contributed by atoms with E-state index >= 15 is 0 Å². The van der Waals surface area contributed by atoms with Gasteiger partial charge in [-0.1, -0.05) is 22.0 Å². The Morgan fingerprint density at radius 2 is 1.81 bits per heavy atom. The van der Waals surface area contributed by atoms with E-state index in [9.17, 15) is 0 Å². The van der Waals surface area contributed by atoms with Gasteiger partial charge in [0.1, 0.15) is 0 Å². The maximum atomic E-state index is 4.37. The van der Waals surface area contributed by atoms with Crippen LogP contribution in [0.2, 0.25) is 0 Å². The molecule has 4 nitrogen and oxygen atoms in total. The summed E-state index contributed by atoms with van der Waals surface area (Å²) in [6, 6.07) is 11.8. The highest BCUT2D eigenvalue weighted by molar-refractivity contribution is 9.10. The number of aryl methyl sites for hydroxylation is 1. The zero-order valence-corrected chi connectivity index (χ0v) is 13.0. The second-order valence-electron chi connectivity index (χ2n) is 4.53. The third-order valence-corrected chi connectivity index (χ3v) is 3.56. The molecule has 0 spiro atoms. The Kier molecular flexibility index (Phi) is 3.92. The first-order chi connectivity index (χ1) is 10.3. The normalized spacial score (nSPS) is 10.4. The van der Waals surface area contributed by atoms with Gasteiger partial charge in [0.25, 0.3) is 0 Å². The smallest absolute Gasteiger partial charge is 0.234 e. The van der Waals surface area contributed by atoms with E-state index in [1.165, 1.54) is 0 Å². The molecule has 0 aliphatic heterocycles. The molecule has 0 saturated carbocycles. The lowest BCUT2D eigenvalue weighted by Gasteiger charge is -2.24. The predicted octanol–water partition coefficient (Wildman–Crippen LogP) is 4.41. The third-order valence-electron chi connectivity index (χ3n) is 3.07. The fourth-order valence-electron chi connectivity index (χ4n) is 2.08. The molecule has 3 rings (SSSR count). The van der Waals surface area contributed by atoms with Crippen LogP contribution in [0.25, 0.3) is 0 Å². The van der Waals surface area contributed by atoms with Gasteiger partial charge in [0.15, 0.2) is 0 Å². The van der Waals surface area contributed by atoms with Crippen molar-refractivity contribution in [2.24, 2.45) is 0 Å². The molecule has 1 aromatic carbocycles. The molecule has 2 aromatic heterocycles. The second-order valence-corrected chi connectivity index (χ2v) is 5.44. The molecule has 0 aliphatic carbocycles. The van der Waals surface area contributed by atoms with Crippen LogP contribution in [0.1, 0.15) is 5.56 Å². The van der Waals surface area contributed by atoms with Gasteiger partial charge in [0.2, 0.25) is 5.95 Å². The van der Waals surface area contributed by atoms with Gasteiger partial charge in [-0.2, -0.15) is 0 Å². The van der Waals surface area contributed by atoms with E-state index < -0.39 is 0 Å². The monoisotopic (exact) mass is 340 g/mol. The van der Waals surface area contributed by atoms with Crippen molar-refractivity contribution >= 4 is 33.3 Å². The van der Waals surface area contributed by atoms with Crippen molar-refractivity contribution in [2.45, 2.75) is 6.92 Å². The van der Waals surface area contributed by atoms with Gasteiger partial charge < -0.3 is 0 Å². The van der Waals surface area contributed by atoms with E-state index in [4.69, 9.17) is 0 Å². The number of benzene rings is 1. The molecule has 0 saturated heterocycles. The van der Waals surface area contributed by atoms with Crippen LogP contribution in [-0.2, 0) is 0 Å². The van der Waals surface area contributed by atoms with Gasteiger partial charge in [-0.05, 0) is 42.8 Å². The van der Waals surface area contributed by atoms with E-state index in [1.807, 2.05) is 23.1 Å². The largest absolute Gasteiger partial charge is 0.277 e. The highest BCUT2D eigenvalue weighted by atomic mass is 79.9. The average molecular weight is 341 g/mol. The Balaban J connectivity index is 2.20. The lowest BCUT2D eigenvalue weighted by molar-refractivity contribution is 1.06. The summed E-state index contributed by atoms with van der Waals surface area (Å²) in [5.41, 5.74) is 3.07. The van der Waals surface area contributed by atoms with Crippen molar-refractivity contribution in [2.75, 3.05) is 4.90 Å². The van der Waals surface area contributed by atoms with Gasteiger partial charge in [-0.3, -0.25) is 9.88 Å². The Morgan fingerprint density at radius 1 is 1.00 bits per heavy atom. The number of nitrogens with zero attached hydrogens (tertiary/aromatic N) is 4. The number of aromatic nitrogens is 3. The number of hydrogen-bond acceptors (Lipinski definition) is 4. The number of anilines is 3. The number of hydrogen-bond donors (Lipinski definition) is 0. The van der Waals surface area contributed by atoms with Gasteiger partial charge >= 0.3 is 0 Å². The maximum Gasteiger partial charge on any atom is 0.234 e. The molecule has 5 heteroatoms. The van der Waals surface area contributed by atoms with Crippen molar-refractivity contribution in [3.63, 3.8) is 0 Å². The topological polar surface area (TPSA) is 41.9 Å². The highest BCUT2D eigenvalue weighted by Crippen LogP contribution is 2.35. The number of halogens is 1. The molecule has 0 amide bonds. The molecule has 0 aliphatic rings. The van der Waals surface area contributed by atoms with Crippen molar-refractivity contribution in [3.05, 3.63) is 71.2 Å². The zero-order chi connectivity index (χ0) is 14.7. The molecule has 2 heterocycles. The molecule has 0 radical (unpaired) electrons. The lowest BCUT2D eigenvalue weighted by Crippen LogP contribution is -2.14. The molecule has 0 N–H and O–H groups in total. The summed E-state index contributed by atoms with van der Waals surface area (Å²) in [7, 11) is 0. The number of pyridine rings is 1. The predicted molar refractivity (Wildman–Crippen MR) is 86.9 cm³/mol. The van der Waals surface area contributed by atoms with E-state index in [-0.39, 0.29) is 0 Å². The first-order valence-corrected chi connectivity index (χ1v) is 7.28. The van der Waals surface area contributed by atoms with Gasteiger partial charge in [0, 0.05) is 23.1 Å². The molecular formula is C16H13BrN4. The van der Waals surface area contributed by atoms with Gasteiger partial charge in [-0.25, -0.2) is 9.97 Å². The number of rotatable bonds is 3. The fraction of sp³-hybridized carbons (Fsp3) is 0.0625. The lowest BCUT2D eigenvalue weighted by atomic mass is 10.1. The Bertz CT molecular complexity index is 692. The summed E-state index contributed by atoms with van der Waals surface area (Å²) < 4.78 is 1.01. The van der Waals surface area contributed by atoms with E-state index in [0.717, 1.165) is 21.4 Å². The molecular weight excluding hydrogens is 328 g/mol. The zero-order valence-electron chi connectivity index (χ0n) is 11.4. The van der Waals surface area contributed by atoms with Crippen LogP contribution < -0.4 is 4.90 Å². The van der Waals surface area contributed by atoms with E-state index in [0.29, 0.717) is 5.95 Å². The van der Waals surface area contributed by atoms with Crippen molar-refractivity contribution in [1.29, 1.82) is 0 Å². The summed E-state index contributed by atoms with van der Waals surface area (Å²) >= 11 is 3.53. The Labute approximate surface area is 131 Å². The van der Waals surface area contributed by atoms with Crippen LogP contribution in [0.15, 0.2) is 65.7 Å². The van der Waals surface area contributed by atoms with Crippen molar-refractivity contribution in [3.8, 4) is 0 Å². The molecule has 0 fully saturated rings. The second kappa shape index (κ2) is 6.01. The van der Waals surface area contributed by atoms with Gasteiger partial charge in [-0.15, -0.1) is 0 Å². The average Bonchev–Trinajstić information content (AvgIpc) is 2.53. The van der Waals surface area contributed by atoms with Crippen LogP contribution >= 0.6 is 15.9 Å². The van der Waals surface area contributed by atoms with Crippen LogP contribution in [0.3, 0.4) is 0 Å². The highest BCUT2D eigenvalue weighted by Gasteiger charge is 2.16. The first-order valence-electron chi connectivity index (χ1n) is 6.49. The summed E-state index contributed by atoms with van der Waals surface area (Å²) in [5, 5.41) is 0. The Morgan fingerprint density at radius 3 is 2.52 bits per heavy atom. The molecule has 3 aromatic rings. The molecule has 0 bridgehead atoms. The SMILES string of the molecule is Cc1ccc(Br)cc1N(c1cccnc1)c1ncccn1. The molecule has 104 valence electrons. The summed E-state index contributed by atoms with van der Waals surface area (Å²) in [5.74, 6) is 0.617. The van der Waals surface area contributed by atoms with Crippen LogP contribution in [-0.4, -0.2) is 15.0 Å². The third kappa shape index (κ3) is 2.92. The minimum absolute atomic E-state index is 0.617. The first kappa shape index (κ1) is 13.7. The van der Waals surface area contributed by atoms with Crippen LogP contribution in [0.4, 0.5) is 17.3 Å². The maximum absolute atomic E-state index is 4.37. The van der Waals surface area contributed by atoms with Gasteiger partial charge in [0.05, 0.1) is 17.6 Å². The Hall–Kier alpha value is -2.27. The standard InChI is InChI=1S/C16H13BrN4/c1-12-5-6-13(17)10-15(12)21(14-4-2-7-18-11-14)16-19-8-3-9-20-16/h2-11H,1H3. The van der Waals surface area contributed by atoms with E-state index in [1.54, 1.807) is 30.9 Å². The fourth-order valence-corrected chi connectivity index (χ4v) is 2.43. The van der Waals surface area contributed by atoms with Crippen molar-refractivity contribution in [1.82, 2.24) is 15.0 Å². The minimum Gasteiger partial charge on any atom is -0.277 e. The quantitative estimate of drug-likeness (QED) is 0.708. The molecule has 21 heavy (non-hydrogen) atoms.